The molecule has 0 amide bonds. The lowest BCUT2D eigenvalue weighted by Gasteiger charge is -2.10. The summed E-state index contributed by atoms with van der Waals surface area (Å²) in [5, 5.41) is 10.2. The van der Waals surface area contributed by atoms with Gasteiger partial charge in [0.2, 0.25) is 0 Å². The van der Waals surface area contributed by atoms with Crippen molar-refractivity contribution in [2.75, 3.05) is 13.7 Å². The number of methoxy groups -OCH3 is 1. The van der Waals surface area contributed by atoms with Gasteiger partial charge in [-0.3, -0.25) is 4.57 Å². The first-order valence-electron chi connectivity index (χ1n) is 7.87. The van der Waals surface area contributed by atoms with Crippen molar-refractivity contribution in [2.45, 2.75) is 17.3 Å². The molecule has 0 aliphatic carbocycles. The minimum Gasteiger partial charge on any atom is -0.497 e. The fourth-order valence-electron chi connectivity index (χ4n) is 2.44. The Kier molecular flexibility index (Phi) is 5.96. The standard InChI is InChI=1S/C18H19ClN4OS/c1-24-16-4-2-3-13(11-16)12-25-18-22-21-17(9-10-20)23(18)15-7-5-14(19)6-8-15/h2-8,11H,9-10,12,20H2,1H3. The number of hydrogen-bond donors (Lipinski definition) is 1. The molecule has 0 saturated carbocycles. The first-order chi connectivity index (χ1) is 12.2. The highest BCUT2D eigenvalue weighted by Crippen LogP contribution is 2.27. The summed E-state index contributed by atoms with van der Waals surface area (Å²) < 4.78 is 7.31. The van der Waals surface area contributed by atoms with E-state index in [1.54, 1.807) is 18.9 Å². The average Bonchev–Trinajstić information content (AvgIpc) is 3.04. The van der Waals surface area contributed by atoms with Crippen molar-refractivity contribution in [3.63, 3.8) is 0 Å². The topological polar surface area (TPSA) is 66.0 Å². The maximum absolute atomic E-state index is 6.01. The van der Waals surface area contributed by atoms with Crippen LogP contribution in [0.3, 0.4) is 0 Å². The van der Waals surface area contributed by atoms with E-state index in [0.717, 1.165) is 33.7 Å². The van der Waals surface area contributed by atoms with Crippen LogP contribution in [0, 0.1) is 0 Å². The van der Waals surface area contributed by atoms with Crippen LogP contribution in [-0.4, -0.2) is 28.4 Å². The molecular weight excluding hydrogens is 356 g/mol. The molecule has 0 radical (unpaired) electrons. The van der Waals surface area contributed by atoms with E-state index in [1.165, 1.54) is 0 Å². The third-order valence-electron chi connectivity index (χ3n) is 3.66. The van der Waals surface area contributed by atoms with Crippen LogP contribution in [0.5, 0.6) is 5.75 Å². The first-order valence-corrected chi connectivity index (χ1v) is 9.23. The van der Waals surface area contributed by atoms with Gasteiger partial charge in [0.1, 0.15) is 11.6 Å². The van der Waals surface area contributed by atoms with Crippen LogP contribution in [0.1, 0.15) is 11.4 Å². The Hall–Kier alpha value is -2.02. The van der Waals surface area contributed by atoms with Gasteiger partial charge in [0, 0.05) is 22.9 Å². The van der Waals surface area contributed by atoms with Crippen molar-refractivity contribution >= 4 is 23.4 Å². The zero-order chi connectivity index (χ0) is 17.6. The molecule has 0 saturated heterocycles. The van der Waals surface area contributed by atoms with Crippen molar-refractivity contribution in [3.05, 3.63) is 64.9 Å². The molecule has 0 bridgehead atoms. The van der Waals surface area contributed by atoms with Crippen LogP contribution < -0.4 is 10.5 Å². The van der Waals surface area contributed by atoms with Crippen molar-refractivity contribution in [1.82, 2.24) is 14.8 Å². The van der Waals surface area contributed by atoms with Crippen LogP contribution in [0.25, 0.3) is 5.69 Å². The summed E-state index contributed by atoms with van der Waals surface area (Å²) in [7, 11) is 1.67. The molecule has 1 heterocycles. The number of halogens is 1. The second kappa shape index (κ2) is 8.38. The van der Waals surface area contributed by atoms with Gasteiger partial charge in [0.25, 0.3) is 0 Å². The zero-order valence-electron chi connectivity index (χ0n) is 13.9. The summed E-state index contributed by atoms with van der Waals surface area (Å²) in [4.78, 5) is 0. The molecule has 2 N–H and O–H groups in total. The highest BCUT2D eigenvalue weighted by Gasteiger charge is 2.14. The van der Waals surface area contributed by atoms with E-state index in [0.29, 0.717) is 18.0 Å². The highest BCUT2D eigenvalue weighted by molar-refractivity contribution is 7.98. The van der Waals surface area contributed by atoms with Gasteiger partial charge < -0.3 is 10.5 Å². The predicted octanol–water partition coefficient (Wildman–Crippen LogP) is 3.72. The Morgan fingerprint density at radius 3 is 2.68 bits per heavy atom. The molecule has 3 aromatic rings. The Labute approximate surface area is 156 Å². The van der Waals surface area contributed by atoms with Crippen molar-refractivity contribution in [2.24, 2.45) is 5.73 Å². The van der Waals surface area contributed by atoms with Gasteiger partial charge in [0.15, 0.2) is 5.16 Å². The monoisotopic (exact) mass is 374 g/mol. The molecular formula is C18H19ClN4OS. The fraction of sp³-hybridized carbons (Fsp3) is 0.222. The van der Waals surface area contributed by atoms with Crippen LogP contribution in [0.2, 0.25) is 5.02 Å². The highest BCUT2D eigenvalue weighted by atomic mass is 35.5. The van der Waals surface area contributed by atoms with E-state index in [9.17, 15) is 0 Å². The summed E-state index contributed by atoms with van der Waals surface area (Å²) in [6.07, 6.45) is 0.662. The molecule has 0 aliphatic rings. The number of rotatable bonds is 7. The van der Waals surface area contributed by atoms with Crippen LogP contribution in [0.4, 0.5) is 0 Å². The Morgan fingerprint density at radius 2 is 1.96 bits per heavy atom. The van der Waals surface area contributed by atoms with E-state index < -0.39 is 0 Å². The first kappa shape index (κ1) is 17.8. The molecule has 3 rings (SSSR count). The van der Waals surface area contributed by atoms with Gasteiger partial charge in [-0.25, -0.2) is 0 Å². The number of benzene rings is 2. The molecule has 130 valence electrons. The SMILES string of the molecule is COc1cccc(CSc2nnc(CCN)n2-c2ccc(Cl)cc2)c1. The number of nitrogens with two attached hydrogens (primary N) is 1. The van der Waals surface area contributed by atoms with E-state index in [4.69, 9.17) is 22.1 Å². The maximum Gasteiger partial charge on any atom is 0.196 e. The van der Waals surface area contributed by atoms with Gasteiger partial charge in [-0.05, 0) is 48.5 Å². The van der Waals surface area contributed by atoms with Crippen molar-refractivity contribution in [1.29, 1.82) is 0 Å². The molecule has 0 atom stereocenters. The van der Waals surface area contributed by atoms with Crippen molar-refractivity contribution < 1.29 is 4.74 Å². The molecule has 0 aliphatic heterocycles. The normalized spacial score (nSPS) is 10.8. The van der Waals surface area contributed by atoms with E-state index >= 15 is 0 Å². The van der Waals surface area contributed by atoms with Crippen LogP contribution >= 0.6 is 23.4 Å². The molecule has 25 heavy (non-hydrogen) atoms. The van der Waals surface area contributed by atoms with Gasteiger partial charge in [-0.15, -0.1) is 10.2 Å². The molecule has 0 spiro atoms. The lowest BCUT2D eigenvalue weighted by atomic mass is 10.2. The van der Waals surface area contributed by atoms with Gasteiger partial charge in [-0.2, -0.15) is 0 Å². The Balaban J connectivity index is 1.86. The lowest BCUT2D eigenvalue weighted by Crippen LogP contribution is -2.09. The largest absolute Gasteiger partial charge is 0.497 e. The molecule has 7 heteroatoms. The molecule has 5 nitrogen and oxygen atoms in total. The van der Waals surface area contributed by atoms with Crippen LogP contribution in [0.15, 0.2) is 53.7 Å². The van der Waals surface area contributed by atoms with E-state index in [-0.39, 0.29) is 0 Å². The Bertz CT molecular complexity index is 835. The molecule has 0 fully saturated rings. The third-order valence-corrected chi connectivity index (χ3v) is 4.91. The Morgan fingerprint density at radius 1 is 1.16 bits per heavy atom. The third kappa shape index (κ3) is 4.34. The second-order valence-corrected chi connectivity index (χ2v) is 6.77. The lowest BCUT2D eigenvalue weighted by molar-refractivity contribution is 0.414. The molecule has 1 aromatic heterocycles. The molecule has 2 aromatic carbocycles. The number of aromatic nitrogens is 3. The average molecular weight is 375 g/mol. The molecule has 0 unspecified atom stereocenters. The number of thioether (sulfide) groups is 1. The van der Waals surface area contributed by atoms with Crippen LogP contribution in [-0.2, 0) is 12.2 Å². The minimum absolute atomic E-state index is 0.520. The van der Waals surface area contributed by atoms with Gasteiger partial charge >= 0.3 is 0 Å². The summed E-state index contributed by atoms with van der Waals surface area (Å²) in [5.41, 5.74) is 7.86. The number of nitrogens with zero attached hydrogens (tertiary/aromatic N) is 3. The maximum atomic E-state index is 6.01. The van der Waals surface area contributed by atoms with Gasteiger partial charge in [-0.1, -0.05) is 35.5 Å². The summed E-state index contributed by atoms with van der Waals surface area (Å²) in [6.45, 7) is 0.520. The second-order valence-electron chi connectivity index (χ2n) is 5.39. The van der Waals surface area contributed by atoms with E-state index in [2.05, 4.69) is 16.3 Å². The zero-order valence-corrected chi connectivity index (χ0v) is 15.4. The fourth-order valence-corrected chi connectivity index (χ4v) is 3.48. The summed E-state index contributed by atoms with van der Waals surface area (Å²) in [6, 6.07) is 15.7. The van der Waals surface area contributed by atoms with Crippen molar-refractivity contribution in [3.8, 4) is 11.4 Å². The summed E-state index contributed by atoms with van der Waals surface area (Å²) in [5.74, 6) is 2.46. The number of hydrogen-bond acceptors (Lipinski definition) is 5. The smallest absolute Gasteiger partial charge is 0.196 e. The minimum atomic E-state index is 0.520. The van der Waals surface area contributed by atoms with Gasteiger partial charge in [0.05, 0.1) is 7.11 Å². The number of ether oxygens (including phenoxy) is 1. The quantitative estimate of drug-likeness (QED) is 0.638. The van der Waals surface area contributed by atoms with E-state index in [1.807, 2.05) is 47.0 Å². The summed E-state index contributed by atoms with van der Waals surface area (Å²) >= 11 is 7.63. The predicted molar refractivity (Wildman–Crippen MR) is 102 cm³/mol.